The minimum Gasteiger partial charge on any atom is -0.282 e. The highest BCUT2D eigenvalue weighted by Crippen LogP contribution is 2.63. The maximum atomic E-state index is 11.0. The molecule has 0 aromatic heterocycles. The van der Waals surface area contributed by atoms with Gasteiger partial charge in [0.2, 0.25) is 0 Å². The summed E-state index contributed by atoms with van der Waals surface area (Å²) in [6.07, 6.45) is 22.1. The first-order chi connectivity index (χ1) is 14.5. The first-order valence-electron chi connectivity index (χ1n) is 11.7. The molecule has 0 amide bonds. The van der Waals surface area contributed by atoms with Gasteiger partial charge in [0.15, 0.2) is 0 Å². The van der Waals surface area contributed by atoms with E-state index in [1.54, 1.807) is 18.6 Å². The third-order valence-corrected chi connectivity index (χ3v) is 9.23. The Morgan fingerprint density at radius 2 is 1.90 bits per heavy atom. The van der Waals surface area contributed by atoms with E-state index in [0.717, 1.165) is 11.3 Å². The molecule has 2 saturated carbocycles. The fourth-order valence-electron chi connectivity index (χ4n) is 6.90. The van der Waals surface area contributed by atoms with Crippen molar-refractivity contribution in [3.63, 3.8) is 0 Å². The van der Waals surface area contributed by atoms with Gasteiger partial charge in [-0.15, -0.1) is 0 Å². The van der Waals surface area contributed by atoms with E-state index in [-0.39, 0.29) is 5.41 Å². The van der Waals surface area contributed by atoms with E-state index in [4.69, 9.17) is 4.55 Å². The number of fused-ring (bicyclic) bond motifs is 5. The van der Waals surface area contributed by atoms with Crippen molar-refractivity contribution < 1.29 is 13.0 Å². The second kappa shape index (κ2) is 8.04. The summed E-state index contributed by atoms with van der Waals surface area (Å²) in [5, 5.41) is 0.873. The van der Waals surface area contributed by atoms with Crippen molar-refractivity contribution in [3.05, 3.63) is 69.7 Å². The first kappa shape index (κ1) is 22.5. The van der Waals surface area contributed by atoms with E-state index in [1.807, 2.05) is 6.08 Å². The number of rotatable bonds is 4. The van der Waals surface area contributed by atoms with Crippen molar-refractivity contribution in [1.82, 2.24) is 0 Å². The van der Waals surface area contributed by atoms with E-state index >= 15 is 0 Å². The normalized spacial score (nSPS) is 36.4. The highest BCUT2D eigenvalue weighted by atomic mass is 32.2. The third-order valence-electron chi connectivity index (χ3n) is 8.56. The molecule has 0 bridgehead atoms. The second-order valence-electron chi connectivity index (χ2n) is 10.5. The number of hydrogen-bond acceptors (Lipinski definition) is 2. The van der Waals surface area contributed by atoms with E-state index < -0.39 is 10.1 Å². The molecule has 0 spiro atoms. The van der Waals surface area contributed by atoms with Crippen molar-refractivity contribution in [2.75, 3.05) is 0 Å². The highest BCUT2D eigenvalue weighted by Gasteiger charge is 2.52. The zero-order valence-electron chi connectivity index (χ0n) is 19.3. The maximum Gasteiger partial charge on any atom is 0.287 e. The minimum absolute atomic E-state index is 0.0634. The lowest BCUT2D eigenvalue weighted by atomic mass is 9.49. The van der Waals surface area contributed by atoms with E-state index in [9.17, 15) is 8.42 Å². The smallest absolute Gasteiger partial charge is 0.282 e. The average molecular weight is 441 g/mol. The Labute approximate surface area is 188 Å². The van der Waals surface area contributed by atoms with Crippen LogP contribution in [-0.4, -0.2) is 13.0 Å². The Morgan fingerprint density at radius 1 is 1.13 bits per heavy atom. The SMILES string of the molecule is CC(C=CC=C(C)C1=CC=C2C3=CCC4CCCC[C@]4(C)[C@H]3CC[C@]12C)=CS(=O)(=O)O. The minimum atomic E-state index is -4.10. The molecule has 1 unspecified atom stereocenters. The summed E-state index contributed by atoms with van der Waals surface area (Å²) in [6.45, 7) is 8.77. The zero-order valence-corrected chi connectivity index (χ0v) is 20.1. The molecule has 4 atom stereocenters. The van der Waals surface area contributed by atoms with Crippen molar-refractivity contribution in [2.45, 2.75) is 72.6 Å². The predicted molar refractivity (Wildman–Crippen MR) is 128 cm³/mol. The van der Waals surface area contributed by atoms with Crippen LogP contribution in [0.15, 0.2) is 69.7 Å². The lowest BCUT2D eigenvalue weighted by Gasteiger charge is -2.55. The van der Waals surface area contributed by atoms with Crippen LogP contribution >= 0.6 is 0 Å². The van der Waals surface area contributed by atoms with Crippen molar-refractivity contribution >= 4 is 10.1 Å². The van der Waals surface area contributed by atoms with E-state index in [2.05, 4.69) is 45.1 Å². The molecule has 0 aromatic carbocycles. The molecular weight excluding hydrogens is 404 g/mol. The van der Waals surface area contributed by atoms with Gasteiger partial charge in [-0.3, -0.25) is 4.55 Å². The fraction of sp³-hybridized carbons (Fsp3) is 0.556. The predicted octanol–water partition coefficient (Wildman–Crippen LogP) is 7.09. The van der Waals surface area contributed by atoms with Crippen LogP contribution in [0.5, 0.6) is 0 Å². The summed E-state index contributed by atoms with van der Waals surface area (Å²) >= 11 is 0. The third kappa shape index (κ3) is 4.09. The Bertz CT molecular complexity index is 1050. The quantitative estimate of drug-likeness (QED) is 0.375. The van der Waals surface area contributed by atoms with Gasteiger partial charge >= 0.3 is 0 Å². The van der Waals surface area contributed by atoms with Gasteiger partial charge < -0.3 is 0 Å². The first-order valence-corrected chi connectivity index (χ1v) is 13.2. The summed E-state index contributed by atoms with van der Waals surface area (Å²) < 4.78 is 30.9. The summed E-state index contributed by atoms with van der Waals surface area (Å²) in [6, 6.07) is 0. The zero-order chi connectivity index (χ0) is 22.4. The molecule has 0 heterocycles. The summed E-state index contributed by atoms with van der Waals surface area (Å²) in [5.74, 6) is 1.57. The lowest BCUT2D eigenvalue weighted by molar-refractivity contribution is 0.0364. The Hall–Kier alpha value is -1.65. The van der Waals surface area contributed by atoms with Gasteiger partial charge in [0.05, 0.1) is 5.41 Å². The van der Waals surface area contributed by atoms with Crippen LogP contribution in [0.2, 0.25) is 0 Å². The fourth-order valence-corrected chi connectivity index (χ4v) is 7.45. The van der Waals surface area contributed by atoms with E-state index in [1.165, 1.54) is 61.7 Å². The molecule has 4 aliphatic rings. The van der Waals surface area contributed by atoms with Crippen LogP contribution in [0, 0.1) is 22.7 Å². The number of allylic oxidation sites excluding steroid dienone is 11. The van der Waals surface area contributed by atoms with Crippen molar-refractivity contribution in [2.24, 2.45) is 22.7 Å². The number of hydrogen-bond donors (Lipinski definition) is 1. The molecule has 1 N–H and O–H groups in total. The van der Waals surface area contributed by atoms with Crippen LogP contribution in [0.25, 0.3) is 0 Å². The van der Waals surface area contributed by atoms with Crippen molar-refractivity contribution in [1.29, 1.82) is 0 Å². The molecule has 0 aliphatic heterocycles. The second-order valence-corrected chi connectivity index (χ2v) is 11.8. The standard InChI is InChI=1S/C27H36O3S/c1-19(18-31(28,29)30)8-7-9-20(2)23-13-14-24-22-12-11-21-10-5-6-16-26(21,3)25(22)15-17-27(23,24)4/h7-9,12-14,18,21,25H,5-6,10-11,15-17H2,1-4H3,(H,28,29,30)/t21?,25-,26-,27+/m0/s1. The van der Waals surface area contributed by atoms with E-state index in [0.29, 0.717) is 16.9 Å². The molecule has 4 heteroatoms. The van der Waals surface area contributed by atoms with Crippen LogP contribution in [0.3, 0.4) is 0 Å². The molecule has 4 rings (SSSR count). The lowest BCUT2D eigenvalue weighted by Crippen LogP contribution is -2.45. The molecule has 0 saturated heterocycles. The van der Waals surface area contributed by atoms with Crippen LogP contribution in [0.1, 0.15) is 72.6 Å². The largest absolute Gasteiger partial charge is 0.287 e. The van der Waals surface area contributed by atoms with Gasteiger partial charge in [0.25, 0.3) is 10.1 Å². The Kier molecular flexibility index (Phi) is 5.85. The Balaban J connectivity index is 1.56. The highest BCUT2D eigenvalue weighted by molar-refractivity contribution is 7.88. The van der Waals surface area contributed by atoms with Gasteiger partial charge in [-0.2, -0.15) is 8.42 Å². The van der Waals surface area contributed by atoms with Gasteiger partial charge in [0, 0.05) is 5.41 Å². The van der Waals surface area contributed by atoms with Gasteiger partial charge in [0.1, 0.15) is 0 Å². The summed E-state index contributed by atoms with van der Waals surface area (Å²) in [5.41, 5.74) is 6.77. The van der Waals surface area contributed by atoms with Gasteiger partial charge in [-0.05, 0) is 91.1 Å². The molecule has 0 aromatic rings. The molecule has 0 radical (unpaired) electrons. The molecular formula is C27H36O3S. The van der Waals surface area contributed by atoms with Crippen LogP contribution < -0.4 is 0 Å². The molecule has 2 fully saturated rings. The maximum absolute atomic E-state index is 11.0. The molecule has 4 aliphatic carbocycles. The van der Waals surface area contributed by atoms with Gasteiger partial charge in [-0.1, -0.05) is 63.1 Å². The summed E-state index contributed by atoms with van der Waals surface area (Å²) in [4.78, 5) is 0. The van der Waals surface area contributed by atoms with Gasteiger partial charge in [-0.25, -0.2) is 0 Å². The summed E-state index contributed by atoms with van der Waals surface area (Å²) in [7, 11) is -4.10. The average Bonchev–Trinajstić information content (AvgIpc) is 3.03. The van der Waals surface area contributed by atoms with Crippen molar-refractivity contribution in [3.8, 4) is 0 Å². The molecule has 31 heavy (non-hydrogen) atoms. The molecule has 3 nitrogen and oxygen atoms in total. The van der Waals surface area contributed by atoms with Crippen LogP contribution in [0.4, 0.5) is 0 Å². The Morgan fingerprint density at radius 3 is 2.65 bits per heavy atom. The van der Waals surface area contributed by atoms with Crippen LogP contribution in [-0.2, 0) is 10.1 Å². The molecule has 168 valence electrons. The topological polar surface area (TPSA) is 54.4 Å². The monoisotopic (exact) mass is 440 g/mol.